The van der Waals surface area contributed by atoms with Crippen molar-refractivity contribution in [2.75, 3.05) is 5.32 Å². The van der Waals surface area contributed by atoms with Gasteiger partial charge >= 0.3 is 0 Å². The summed E-state index contributed by atoms with van der Waals surface area (Å²) in [6, 6.07) is 7.84. The van der Waals surface area contributed by atoms with Crippen LogP contribution in [0.15, 0.2) is 24.3 Å². The third-order valence-electron chi connectivity index (χ3n) is 2.27. The minimum Gasteiger partial charge on any atom is -0.348 e. The Balaban J connectivity index is 2.29. The van der Waals surface area contributed by atoms with Gasteiger partial charge in [-0.3, -0.25) is 0 Å². The van der Waals surface area contributed by atoms with E-state index in [1.807, 2.05) is 24.3 Å². The van der Waals surface area contributed by atoms with Gasteiger partial charge in [0.25, 0.3) is 0 Å². The Kier molecular flexibility index (Phi) is 1.75. The van der Waals surface area contributed by atoms with Crippen LogP contribution in [0.2, 0.25) is 0 Å². The monoisotopic (exact) mass is 217 g/mol. The Morgan fingerprint density at radius 1 is 1.33 bits per heavy atom. The van der Waals surface area contributed by atoms with Crippen molar-refractivity contribution in [2.24, 2.45) is 0 Å². The van der Waals surface area contributed by atoms with Crippen molar-refractivity contribution in [1.82, 2.24) is 20.2 Å². The van der Waals surface area contributed by atoms with Crippen LogP contribution in [0.4, 0.5) is 5.69 Å². The molecule has 3 rings (SSSR count). The molecule has 1 aliphatic heterocycles. The lowest BCUT2D eigenvalue weighted by molar-refractivity contribution is 0.687. The lowest BCUT2D eigenvalue weighted by atomic mass is 10.1. The highest BCUT2D eigenvalue weighted by Crippen LogP contribution is 2.27. The molecular formula is C9H7N5S. The number of nitrogens with one attached hydrogen (secondary N) is 1. The van der Waals surface area contributed by atoms with Crippen LogP contribution in [0.3, 0.4) is 0 Å². The molecule has 0 radical (unpaired) electrons. The molecule has 0 fully saturated rings. The lowest BCUT2D eigenvalue weighted by Crippen LogP contribution is -2.15. The first-order valence-corrected chi connectivity index (χ1v) is 4.91. The number of rotatable bonds is 0. The molecule has 0 bridgehead atoms. The molecule has 74 valence electrons. The molecule has 5 nitrogen and oxygen atoms in total. The summed E-state index contributed by atoms with van der Waals surface area (Å²) in [6.07, 6.45) is 0. The van der Waals surface area contributed by atoms with E-state index in [0.717, 1.165) is 17.1 Å². The molecule has 0 spiro atoms. The van der Waals surface area contributed by atoms with Crippen molar-refractivity contribution in [3.05, 3.63) is 24.3 Å². The van der Waals surface area contributed by atoms with Gasteiger partial charge in [0, 0.05) is 5.56 Å². The van der Waals surface area contributed by atoms with Crippen molar-refractivity contribution >= 4 is 22.9 Å². The fourth-order valence-electron chi connectivity index (χ4n) is 1.62. The predicted molar refractivity (Wildman–Crippen MR) is 59.5 cm³/mol. The maximum absolute atomic E-state index is 5.18. The molecule has 0 amide bonds. The van der Waals surface area contributed by atoms with E-state index in [1.165, 1.54) is 0 Å². The normalized spacial score (nSPS) is 13.7. The molecule has 15 heavy (non-hydrogen) atoms. The molecule has 6 heteroatoms. The van der Waals surface area contributed by atoms with Gasteiger partial charge in [0.2, 0.25) is 0 Å². The van der Waals surface area contributed by atoms with Gasteiger partial charge < -0.3 is 5.32 Å². The van der Waals surface area contributed by atoms with E-state index in [9.17, 15) is 0 Å². The summed E-state index contributed by atoms with van der Waals surface area (Å²) in [5.41, 5.74) is 1.93. The number of hydrogen-bond acceptors (Lipinski definition) is 4. The zero-order valence-electron chi connectivity index (χ0n) is 7.71. The molecule has 1 aromatic carbocycles. The maximum atomic E-state index is 5.18. The van der Waals surface area contributed by atoms with Crippen LogP contribution in [-0.2, 0) is 6.54 Å². The SMILES string of the molecule is S=C1Cn2nnnc2-c2ccccc2N1. The molecule has 1 N–H and O–H groups in total. The molecule has 2 heterocycles. The summed E-state index contributed by atoms with van der Waals surface area (Å²) in [6.45, 7) is 0.520. The van der Waals surface area contributed by atoms with Gasteiger partial charge in [0.05, 0.1) is 12.2 Å². The van der Waals surface area contributed by atoms with Gasteiger partial charge in [-0.25, -0.2) is 4.68 Å². The van der Waals surface area contributed by atoms with Gasteiger partial charge in [0.15, 0.2) is 5.82 Å². The van der Waals surface area contributed by atoms with Gasteiger partial charge in [-0.05, 0) is 22.6 Å². The second-order valence-corrected chi connectivity index (χ2v) is 3.75. The molecule has 0 atom stereocenters. The number of nitrogens with zero attached hydrogens (tertiary/aromatic N) is 4. The molecule has 0 unspecified atom stereocenters. The zero-order chi connectivity index (χ0) is 10.3. The van der Waals surface area contributed by atoms with Crippen LogP contribution < -0.4 is 5.32 Å². The van der Waals surface area contributed by atoms with E-state index >= 15 is 0 Å². The van der Waals surface area contributed by atoms with E-state index in [-0.39, 0.29) is 0 Å². The summed E-state index contributed by atoms with van der Waals surface area (Å²) in [5, 5.41) is 14.7. The second kappa shape index (κ2) is 3.09. The molecule has 1 aromatic heterocycles. The Hall–Kier alpha value is -1.82. The largest absolute Gasteiger partial charge is 0.348 e. The molecule has 2 aromatic rings. The van der Waals surface area contributed by atoms with Crippen molar-refractivity contribution in [3.8, 4) is 11.4 Å². The number of hydrogen-bond donors (Lipinski definition) is 1. The number of tetrazole rings is 1. The first kappa shape index (κ1) is 8.49. The molecular weight excluding hydrogens is 210 g/mol. The number of aromatic nitrogens is 4. The van der Waals surface area contributed by atoms with E-state index < -0.39 is 0 Å². The predicted octanol–water partition coefficient (Wildman–Crippen LogP) is 1.09. The summed E-state index contributed by atoms with van der Waals surface area (Å²) in [7, 11) is 0. The molecule has 0 saturated heterocycles. The van der Waals surface area contributed by atoms with Gasteiger partial charge in [0.1, 0.15) is 4.99 Å². The van der Waals surface area contributed by atoms with E-state index in [2.05, 4.69) is 20.8 Å². The van der Waals surface area contributed by atoms with Gasteiger partial charge in [-0.2, -0.15) is 0 Å². The van der Waals surface area contributed by atoms with Crippen molar-refractivity contribution < 1.29 is 0 Å². The number of anilines is 1. The Morgan fingerprint density at radius 3 is 3.13 bits per heavy atom. The van der Waals surface area contributed by atoms with Crippen LogP contribution in [0.5, 0.6) is 0 Å². The average Bonchev–Trinajstić information content (AvgIpc) is 2.62. The van der Waals surface area contributed by atoms with Crippen molar-refractivity contribution in [2.45, 2.75) is 6.54 Å². The highest BCUT2D eigenvalue weighted by Gasteiger charge is 2.18. The highest BCUT2D eigenvalue weighted by molar-refractivity contribution is 7.80. The standard InChI is InChI=1S/C9H7N5S/c15-8-5-14-9(11-12-13-14)6-3-1-2-4-7(6)10-8/h1-4H,5H2,(H,10,15). The molecule has 0 aliphatic carbocycles. The quantitative estimate of drug-likeness (QED) is 0.669. The third-order valence-corrected chi connectivity index (χ3v) is 2.50. The van der Waals surface area contributed by atoms with Gasteiger partial charge in [-0.1, -0.05) is 24.4 Å². The summed E-state index contributed by atoms with van der Waals surface area (Å²) < 4.78 is 1.70. The zero-order valence-corrected chi connectivity index (χ0v) is 8.53. The third kappa shape index (κ3) is 1.30. The topological polar surface area (TPSA) is 55.6 Å². The molecule has 0 saturated carbocycles. The Labute approximate surface area is 91.1 Å². The van der Waals surface area contributed by atoms with E-state index in [4.69, 9.17) is 12.2 Å². The van der Waals surface area contributed by atoms with Crippen LogP contribution in [0.25, 0.3) is 11.4 Å². The van der Waals surface area contributed by atoms with Crippen LogP contribution in [-0.4, -0.2) is 25.2 Å². The lowest BCUT2D eigenvalue weighted by Gasteiger charge is -2.04. The first-order chi connectivity index (χ1) is 7.34. The summed E-state index contributed by atoms with van der Waals surface area (Å²) >= 11 is 5.18. The molecule has 1 aliphatic rings. The van der Waals surface area contributed by atoms with Crippen LogP contribution in [0.1, 0.15) is 0 Å². The van der Waals surface area contributed by atoms with Crippen molar-refractivity contribution in [3.63, 3.8) is 0 Å². The van der Waals surface area contributed by atoms with Crippen LogP contribution in [0, 0.1) is 0 Å². The summed E-state index contributed by atoms with van der Waals surface area (Å²) in [5.74, 6) is 0.748. The highest BCUT2D eigenvalue weighted by atomic mass is 32.1. The Morgan fingerprint density at radius 2 is 2.20 bits per heavy atom. The number of benzene rings is 1. The van der Waals surface area contributed by atoms with Crippen molar-refractivity contribution in [1.29, 1.82) is 0 Å². The number of para-hydroxylation sites is 1. The minimum absolute atomic E-state index is 0.520. The summed E-state index contributed by atoms with van der Waals surface area (Å²) in [4.78, 5) is 0.716. The van der Waals surface area contributed by atoms with E-state index in [1.54, 1.807) is 4.68 Å². The fraction of sp³-hybridized carbons (Fsp3) is 0.111. The Bertz CT molecular complexity index is 533. The number of thiocarbonyl (C=S) groups is 1. The van der Waals surface area contributed by atoms with Gasteiger partial charge in [-0.15, -0.1) is 5.10 Å². The smallest absolute Gasteiger partial charge is 0.184 e. The maximum Gasteiger partial charge on any atom is 0.184 e. The number of fused-ring (bicyclic) bond motifs is 3. The first-order valence-electron chi connectivity index (χ1n) is 4.50. The average molecular weight is 217 g/mol. The van der Waals surface area contributed by atoms with E-state index in [0.29, 0.717) is 11.5 Å². The van der Waals surface area contributed by atoms with Crippen LogP contribution >= 0.6 is 12.2 Å². The fourth-order valence-corrected chi connectivity index (χ4v) is 1.85. The second-order valence-electron chi connectivity index (χ2n) is 3.25. The minimum atomic E-state index is 0.520.